The molecule has 1 aliphatic rings. The zero-order valence-corrected chi connectivity index (χ0v) is 15.1. The molecule has 120 valence electrons. The summed E-state index contributed by atoms with van der Waals surface area (Å²) in [5.41, 5.74) is 3.48. The number of rotatable bonds is 4. The van der Waals surface area contributed by atoms with Crippen LogP contribution in [-0.2, 0) is 0 Å². The number of aryl methyl sites for hydroxylation is 1. The molecule has 0 saturated carbocycles. The normalized spacial score (nSPS) is 13.6. The molecule has 0 spiro atoms. The van der Waals surface area contributed by atoms with Crippen LogP contribution < -0.4 is 10.2 Å². The molecule has 3 rings (SSSR count). The molecule has 3 heterocycles. The third-order valence-electron chi connectivity index (χ3n) is 3.39. The molecule has 23 heavy (non-hydrogen) atoms. The maximum atomic E-state index is 12.8. The average Bonchev–Trinajstić information content (AvgIpc) is 3.15. The van der Waals surface area contributed by atoms with Gasteiger partial charge in [0.05, 0.1) is 11.2 Å². The quantitative estimate of drug-likeness (QED) is 0.895. The summed E-state index contributed by atoms with van der Waals surface area (Å²) in [6.07, 6.45) is 5.81. The van der Waals surface area contributed by atoms with Gasteiger partial charge in [-0.2, -0.15) is 0 Å². The van der Waals surface area contributed by atoms with E-state index in [-0.39, 0.29) is 5.91 Å². The number of dihydropyridines is 1. The van der Waals surface area contributed by atoms with E-state index >= 15 is 0 Å². The van der Waals surface area contributed by atoms with Crippen molar-refractivity contribution in [3.63, 3.8) is 0 Å². The summed E-state index contributed by atoms with van der Waals surface area (Å²) in [5.74, 6) is -0.0831. The third-order valence-corrected chi connectivity index (χ3v) is 5.84. The van der Waals surface area contributed by atoms with E-state index in [1.165, 1.54) is 22.7 Å². The van der Waals surface area contributed by atoms with Gasteiger partial charge in [-0.1, -0.05) is 29.0 Å². The molecule has 1 amide bonds. The Balaban J connectivity index is 1.94. The number of carbonyl (C=O) groups is 1. The SMILES string of the molecule is CCN(C(=O)c1scnc1C)c1sc(C2=CC=CNC2)nc1Cl. The van der Waals surface area contributed by atoms with Gasteiger partial charge in [0.1, 0.15) is 14.9 Å². The van der Waals surface area contributed by atoms with Crippen LogP contribution in [-0.4, -0.2) is 29.0 Å². The number of thiazole rings is 2. The van der Waals surface area contributed by atoms with Gasteiger partial charge in [0.15, 0.2) is 5.15 Å². The van der Waals surface area contributed by atoms with Crippen LogP contribution in [0.5, 0.6) is 0 Å². The molecule has 5 nitrogen and oxygen atoms in total. The van der Waals surface area contributed by atoms with Crippen molar-refractivity contribution in [2.24, 2.45) is 0 Å². The largest absolute Gasteiger partial charge is 0.387 e. The lowest BCUT2D eigenvalue weighted by Gasteiger charge is -2.18. The summed E-state index contributed by atoms with van der Waals surface area (Å²) in [6, 6.07) is 0. The van der Waals surface area contributed by atoms with Gasteiger partial charge in [-0.15, -0.1) is 11.3 Å². The van der Waals surface area contributed by atoms with Crippen LogP contribution >= 0.6 is 34.3 Å². The Morgan fingerprint density at radius 2 is 2.35 bits per heavy atom. The number of halogens is 1. The highest BCUT2D eigenvalue weighted by Crippen LogP contribution is 2.37. The lowest BCUT2D eigenvalue weighted by atomic mass is 10.2. The van der Waals surface area contributed by atoms with Gasteiger partial charge >= 0.3 is 0 Å². The monoisotopic (exact) mass is 366 g/mol. The third kappa shape index (κ3) is 3.17. The van der Waals surface area contributed by atoms with E-state index in [2.05, 4.69) is 15.3 Å². The van der Waals surface area contributed by atoms with Gasteiger partial charge in [0.25, 0.3) is 5.91 Å². The van der Waals surface area contributed by atoms with Crippen LogP contribution in [0.4, 0.5) is 5.00 Å². The first kappa shape index (κ1) is 16.2. The second-order valence-electron chi connectivity index (χ2n) is 4.86. The summed E-state index contributed by atoms with van der Waals surface area (Å²) in [4.78, 5) is 23.7. The molecule has 0 atom stereocenters. The molecule has 0 unspecified atom stereocenters. The highest BCUT2D eigenvalue weighted by Gasteiger charge is 2.25. The fourth-order valence-electron chi connectivity index (χ4n) is 2.21. The van der Waals surface area contributed by atoms with Gasteiger partial charge in [-0.25, -0.2) is 9.97 Å². The molecule has 0 aromatic carbocycles. The van der Waals surface area contributed by atoms with Crippen LogP contribution in [0.1, 0.15) is 27.3 Å². The van der Waals surface area contributed by atoms with Crippen molar-refractivity contribution in [3.05, 3.63) is 44.6 Å². The Kier molecular flexibility index (Phi) is 4.79. The predicted octanol–water partition coefficient (Wildman–Crippen LogP) is 3.73. The predicted molar refractivity (Wildman–Crippen MR) is 96.4 cm³/mol. The number of hydrogen-bond donors (Lipinski definition) is 1. The Morgan fingerprint density at radius 1 is 1.52 bits per heavy atom. The topological polar surface area (TPSA) is 58.1 Å². The Bertz CT molecular complexity index is 793. The lowest BCUT2D eigenvalue weighted by Crippen LogP contribution is -2.30. The van der Waals surface area contributed by atoms with E-state index < -0.39 is 0 Å². The molecular weight excluding hydrogens is 352 g/mol. The van der Waals surface area contributed by atoms with Crippen LogP contribution in [0.15, 0.2) is 23.9 Å². The van der Waals surface area contributed by atoms with Crippen molar-refractivity contribution in [1.29, 1.82) is 0 Å². The summed E-state index contributed by atoms with van der Waals surface area (Å²) in [7, 11) is 0. The van der Waals surface area contributed by atoms with Gasteiger partial charge in [0, 0.05) is 18.7 Å². The maximum absolute atomic E-state index is 12.8. The summed E-state index contributed by atoms with van der Waals surface area (Å²) >= 11 is 9.09. The molecule has 2 aromatic heterocycles. The average molecular weight is 367 g/mol. The lowest BCUT2D eigenvalue weighted by molar-refractivity contribution is 0.0992. The molecule has 2 aromatic rings. The molecule has 0 bridgehead atoms. The zero-order valence-electron chi connectivity index (χ0n) is 12.7. The number of nitrogens with one attached hydrogen (secondary N) is 1. The molecule has 1 N–H and O–H groups in total. The highest BCUT2D eigenvalue weighted by molar-refractivity contribution is 7.18. The molecule has 0 radical (unpaired) electrons. The maximum Gasteiger partial charge on any atom is 0.270 e. The first-order chi connectivity index (χ1) is 11.1. The molecule has 0 saturated heterocycles. The van der Waals surface area contributed by atoms with Crippen molar-refractivity contribution < 1.29 is 4.79 Å². The number of amides is 1. The van der Waals surface area contributed by atoms with E-state index in [0.717, 1.165) is 16.3 Å². The minimum absolute atomic E-state index is 0.0831. The van der Waals surface area contributed by atoms with Crippen LogP contribution in [0, 0.1) is 6.92 Å². The number of aromatic nitrogens is 2. The van der Waals surface area contributed by atoms with Gasteiger partial charge in [-0.3, -0.25) is 9.69 Å². The minimum atomic E-state index is -0.0831. The second-order valence-corrected chi connectivity index (χ2v) is 7.05. The highest BCUT2D eigenvalue weighted by atomic mass is 35.5. The molecule has 1 aliphatic heterocycles. The fraction of sp³-hybridized carbons (Fsp3) is 0.267. The molecule has 8 heteroatoms. The first-order valence-electron chi connectivity index (χ1n) is 7.09. The van der Waals surface area contributed by atoms with E-state index in [9.17, 15) is 4.79 Å². The van der Waals surface area contributed by atoms with Crippen molar-refractivity contribution in [2.45, 2.75) is 13.8 Å². The van der Waals surface area contributed by atoms with Gasteiger partial charge in [0.2, 0.25) is 0 Å². The number of carbonyl (C=O) groups excluding carboxylic acids is 1. The minimum Gasteiger partial charge on any atom is -0.387 e. The zero-order chi connectivity index (χ0) is 16.4. The van der Waals surface area contributed by atoms with Crippen molar-refractivity contribution >= 4 is 50.8 Å². The number of allylic oxidation sites excluding steroid dienone is 2. The second kappa shape index (κ2) is 6.82. The van der Waals surface area contributed by atoms with E-state index in [4.69, 9.17) is 11.6 Å². The number of hydrogen-bond acceptors (Lipinski definition) is 6. The van der Waals surface area contributed by atoms with E-state index in [1.807, 2.05) is 32.2 Å². The molecule has 0 aliphatic carbocycles. The van der Waals surface area contributed by atoms with Crippen molar-refractivity contribution in [2.75, 3.05) is 18.0 Å². The Morgan fingerprint density at radius 3 is 2.96 bits per heavy atom. The summed E-state index contributed by atoms with van der Waals surface area (Å²) in [5, 5.41) is 5.01. The molecular formula is C15H15ClN4OS2. The van der Waals surface area contributed by atoms with Crippen LogP contribution in [0.2, 0.25) is 5.15 Å². The fourth-order valence-corrected chi connectivity index (χ4v) is 4.36. The summed E-state index contributed by atoms with van der Waals surface area (Å²) < 4.78 is 0. The van der Waals surface area contributed by atoms with Crippen molar-refractivity contribution in [1.82, 2.24) is 15.3 Å². The van der Waals surface area contributed by atoms with Crippen LogP contribution in [0.25, 0.3) is 5.57 Å². The van der Waals surface area contributed by atoms with E-state index in [1.54, 1.807) is 10.4 Å². The van der Waals surface area contributed by atoms with Gasteiger partial charge < -0.3 is 5.32 Å². The van der Waals surface area contributed by atoms with E-state index in [0.29, 0.717) is 28.1 Å². The standard InChI is InChI=1S/C15H15ClN4OS2/c1-3-20(14(21)11-9(2)18-8-22-11)15-12(16)19-13(23-15)10-5-4-6-17-7-10/h4-6,8,17H,3,7H2,1-2H3. The first-order valence-corrected chi connectivity index (χ1v) is 9.17. The summed E-state index contributed by atoms with van der Waals surface area (Å²) in [6.45, 7) is 4.98. The Labute approximate surface area is 147 Å². The number of anilines is 1. The molecule has 0 fully saturated rings. The van der Waals surface area contributed by atoms with Gasteiger partial charge in [-0.05, 0) is 26.1 Å². The van der Waals surface area contributed by atoms with Crippen molar-refractivity contribution in [3.8, 4) is 0 Å². The van der Waals surface area contributed by atoms with Crippen LogP contribution in [0.3, 0.4) is 0 Å². The number of nitrogens with zero attached hydrogens (tertiary/aromatic N) is 3. The Hall–Kier alpha value is -1.70. The smallest absolute Gasteiger partial charge is 0.270 e.